The molecule has 0 unspecified atom stereocenters. The number of carboxylic acids is 1. The van der Waals surface area contributed by atoms with Gasteiger partial charge >= 0.3 is 12.1 Å². The van der Waals surface area contributed by atoms with E-state index in [9.17, 15) is 9.59 Å². The van der Waals surface area contributed by atoms with E-state index in [1.54, 1.807) is 20.8 Å². The first kappa shape index (κ1) is 17.5. The average molecular weight is 358 g/mol. The molecule has 116 valence electrons. The van der Waals surface area contributed by atoms with Gasteiger partial charge in [0.1, 0.15) is 5.60 Å². The fourth-order valence-corrected chi connectivity index (χ4v) is 2.24. The van der Waals surface area contributed by atoms with Crippen molar-refractivity contribution in [3.8, 4) is 0 Å². The fourth-order valence-electron chi connectivity index (χ4n) is 1.79. The molecule has 0 aliphatic carbocycles. The third kappa shape index (κ3) is 7.13. The monoisotopic (exact) mass is 357 g/mol. The number of halogens is 1. The van der Waals surface area contributed by atoms with Crippen molar-refractivity contribution in [2.75, 3.05) is 0 Å². The second kappa shape index (κ2) is 7.45. The van der Waals surface area contributed by atoms with Crippen molar-refractivity contribution in [2.45, 2.75) is 45.3 Å². The van der Waals surface area contributed by atoms with Crippen molar-refractivity contribution in [3.05, 3.63) is 34.3 Å². The number of alkyl carbamates (subject to hydrolysis) is 1. The SMILES string of the molecule is CC(C)(C)OC(=O)N[C@@H](CC(=O)O)Cc1ccccc1Br. The molecule has 0 fully saturated rings. The van der Waals surface area contributed by atoms with Gasteiger partial charge < -0.3 is 15.2 Å². The summed E-state index contributed by atoms with van der Waals surface area (Å²) in [5.74, 6) is -0.969. The molecule has 5 nitrogen and oxygen atoms in total. The van der Waals surface area contributed by atoms with Crippen LogP contribution in [0.15, 0.2) is 28.7 Å². The van der Waals surface area contributed by atoms with Crippen molar-refractivity contribution < 1.29 is 19.4 Å². The molecule has 0 saturated carbocycles. The largest absolute Gasteiger partial charge is 0.481 e. The van der Waals surface area contributed by atoms with E-state index >= 15 is 0 Å². The van der Waals surface area contributed by atoms with Crippen LogP contribution >= 0.6 is 15.9 Å². The highest BCUT2D eigenvalue weighted by Crippen LogP contribution is 2.18. The predicted octanol–water partition coefficient (Wildman–Crippen LogP) is 3.36. The third-order valence-corrected chi connectivity index (χ3v) is 3.34. The van der Waals surface area contributed by atoms with Gasteiger partial charge in [-0.2, -0.15) is 0 Å². The summed E-state index contributed by atoms with van der Waals surface area (Å²) in [6.45, 7) is 5.27. The van der Waals surface area contributed by atoms with Crippen molar-refractivity contribution in [3.63, 3.8) is 0 Å². The molecular weight excluding hydrogens is 338 g/mol. The van der Waals surface area contributed by atoms with Crippen LogP contribution in [0.2, 0.25) is 0 Å². The Morgan fingerprint density at radius 3 is 2.48 bits per heavy atom. The number of rotatable bonds is 5. The van der Waals surface area contributed by atoms with E-state index in [1.165, 1.54) is 0 Å². The Morgan fingerprint density at radius 1 is 1.33 bits per heavy atom. The van der Waals surface area contributed by atoms with E-state index < -0.39 is 23.7 Å². The minimum absolute atomic E-state index is 0.166. The topological polar surface area (TPSA) is 75.6 Å². The quantitative estimate of drug-likeness (QED) is 0.846. The van der Waals surface area contributed by atoms with E-state index in [-0.39, 0.29) is 6.42 Å². The molecule has 21 heavy (non-hydrogen) atoms. The Hall–Kier alpha value is -1.56. The molecule has 0 aliphatic heterocycles. The smallest absolute Gasteiger partial charge is 0.407 e. The van der Waals surface area contributed by atoms with Gasteiger partial charge in [-0.3, -0.25) is 4.79 Å². The van der Waals surface area contributed by atoms with Crippen LogP contribution in [-0.2, 0) is 16.0 Å². The Morgan fingerprint density at radius 2 is 1.95 bits per heavy atom. The van der Waals surface area contributed by atoms with Gasteiger partial charge in [0.15, 0.2) is 0 Å². The van der Waals surface area contributed by atoms with Crippen LogP contribution in [0.3, 0.4) is 0 Å². The van der Waals surface area contributed by atoms with E-state index in [4.69, 9.17) is 9.84 Å². The highest BCUT2D eigenvalue weighted by atomic mass is 79.9. The molecule has 1 aromatic rings. The lowest BCUT2D eigenvalue weighted by Crippen LogP contribution is -2.41. The van der Waals surface area contributed by atoms with E-state index in [0.717, 1.165) is 10.0 Å². The number of carbonyl (C=O) groups excluding carboxylic acids is 1. The second-order valence-corrected chi connectivity index (χ2v) is 6.59. The van der Waals surface area contributed by atoms with Crippen molar-refractivity contribution in [2.24, 2.45) is 0 Å². The highest BCUT2D eigenvalue weighted by molar-refractivity contribution is 9.10. The Balaban J connectivity index is 2.75. The van der Waals surface area contributed by atoms with Crippen molar-refractivity contribution in [1.82, 2.24) is 5.32 Å². The maximum Gasteiger partial charge on any atom is 0.407 e. The van der Waals surface area contributed by atoms with Gasteiger partial charge in [0.2, 0.25) is 0 Å². The maximum absolute atomic E-state index is 11.8. The molecule has 0 heterocycles. The summed E-state index contributed by atoms with van der Waals surface area (Å²) in [7, 11) is 0. The predicted molar refractivity (Wildman–Crippen MR) is 83.3 cm³/mol. The molecule has 0 saturated heterocycles. The number of ether oxygens (including phenoxy) is 1. The number of aliphatic carboxylic acids is 1. The number of carbonyl (C=O) groups is 2. The van der Waals surface area contributed by atoms with Gasteiger partial charge in [-0.25, -0.2) is 4.79 Å². The Kier molecular flexibility index (Phi) is 6.20. The zero-order chi connectivity index (χ0) is 16.0. The molecule has 0 radical (unpaired) electrons. The lowest BCUT2D eigenvalue weighted by Gasteiger charge is -2.23. The first-order valence-corrected chi connectivity index (χ1v) is 7.41. The van der Waals surface area contributed by atoms with Crippen LogP contribution in [0.4, 0.5) is 4.79 Å². The molecule has 1 rings (SSSR count). The van der Waals surface area contributed by atoms with Crippen molar-refractivity contribution >= 4 is 28.0 Å². The average Bonchev–Trinajstić information content (AvgIpc) is 2.28. The summed E-state index contributed by atoms with van der Waals surface area (Å²) >= 11 is 3.41. The summed E-state index contributed by atoms with van der Waals surface area (Å²) in [4.78, 5) is 22.7. The summed E-state index contributed by atoms with van der Waals surface area (Å²) in [5, 5.41) is 11.6. The van der Waals surface area contributed by atoms with Gasteiger partial charge in [-0.1, -0.05) is 34.1 Å². The summed E-state index contributed by atoms with van der Waals surface area (Å²) in [6, 6.07) is 6.97. The molecule has 1 atom stereocenters. The summed E-state index contributed by atoms with van der Waals surface area (Å²) in [6.07, 6.45) is -0.367. The molecule has 0 aromatic heterocycles. The molecule has 6 heteroatoms. The van der Waals surface area contributed by atoms with Gasteiger partial charge in [0.05, 0.1) is 6.42 Å². The Labute approximate surface area is 132 Å². The van der Waals surface area contributed by atoms with E-state index in [0.29, 0.717) is 6.42 Å². The maximum atomic E-state index is 11.8. The van der Waals surface area contributed by atoms with Crippen LogP contribution in [-0.4, -0.2) is 28.8 Å². The van der Waals surface area contributed by atoms with Crippen LogP contribution in [0.1, 0.15) is 32.8 Å². The lowest BCUT2D eigenvalue weighted by atomic mass is 10.0. The van der Waals surface area contributed by atoms with Crippen LogP contribution in [0.5, 0.6) is 0 Å². The number of benzene rings is 1. The van der Waals surface area contributed by atoms with Crippen LogP contribution < -0.4 is 5.32 Å². The molecule has 0 bridgehead atoms. The third-order valence-electron chi connectivity index (χ3n) is 2.57. The minimum atomic E-state index is -0.969. The van der Waals surface area contributed by atoms with Crippen molar-refractivity contribution in [1.29, 1.82) is 0 Å². The van der Waals surface area contributed by atoms with Gasteiger partial charge in [0, 0.05) is 10.5 Å². The zero-order valence-electron chi connectivity index (χ0n) is 12.4. The van der Waals surface area contributed by atoms with Gasteiger partial charge in [0.25, 0.3) is 0 Å². The number of hydrogen-bond acceptors (Lipinski definition) is 3. The zero-order valence-corrected chi connectivity index (χ0v) is 13.9. The first-order valence-electron chi connectivity index (χ1n) is 6.62. The van der Waals surface area contributed by atoms with E-state index in [1.807, 2.05) is 24.3 Å². The van der Waals surface area contributed by atoms with Crippen LogP contribution in [0.25, 0.3) is 0 Å². The second-order valence-electron chi connectivity index (χ2n) is 5.74. The first-order chi connectivity index (χ1) is 9.67. The minimum Gasteiger partial charge on any atom is -0.481 e. The fraction of sp³-hybridized carbons (Fsp3) is 0.467. The lowest BCUT2D eigenvalue weighted by molar-refractivity contribution is -0.137. The van der Waals surface area contributed by atoms with Crippen LogP contribution in [0, 0.1) is 0 Å². The summed E-state index contributed by atoms with van der Waals surface area (Å²) in [5.41, 5.74) is 0.311. The molecule has 2 N–H and O–H groups in total. The van der Waals surface area contributed by atoms with Gasteiger partial charge in [-0.05, 0) is 38.8 Å². The Bertz CT molecular complexity index is 511. The van der Waals surface area contributed by atoms with E-state index in [2.05, 4.69) is 21.2 Å². The number of nitrogens with one attached hydrogen (secondary N) is 1. The van der Waals surface area contributed by atoms with Gasteiger partial charge in [-0.15, -0.1) is 0 Å². The normalized spacial score (nSPS) is 12.6. The number of carboxylic acid groups (broad SMARTS) is 1. The molecular formula is C15H20BrNO4. The summed E-state index contributed by atoms with van der Waals surface area (Å²) < 4.78 is 6.04. The molecule has 0 spiro atoms. The molecule has 1 aromatic carbocycles. The molecule has 1 amide bonds. The highest BCUT2D eigenvalue weighted by Gasteiger charge is 2.22. The standard InChI is InChI=1S/C15H20BrNO4/c1-15(2,3)21-14(20)17-11(9-13(18)19)8-10-6-4-5-7-12(10)16/h4-7,11H,8-9H2,1-3H3,(H,17,20)(H,18,19)/t11-/m1/s1. The number of hydrogen-bond donors (Lipinski definition) is 2. The molecule has 0 aliphatic rings. The number of amides is 1.